The molecule has 0 amide bonds. The number of hydrogen-bond donors (Lipinski definition) is 7. The van der Waals surface area contributed by atoms with Crippen LogP contribution < -0.4 is 5.32 Å². The normalized spacial score (nSPS) is 16.7. The van der Waals surface area contributed by atoms with Gasteiger partial charge in [-0.15, -0.1) is 0 Å². The molecule has 0 bridgehead atoms. The highest BCUT2D eigenvalue weighted by Crippen LogP contribution is 2.55. The summed E-state index contributed by atoms with van der Waals surface area (Å²) in [5, 5.41) is 39.7. The minimum absolute atomic E-state index is 0.0187. The minimum Gasteiger partial charge on any atom is -0.386 e. The standard InChI is InChI=1S/C20H25Cl2N5O9P2/c1-2-11(9-36-38(34,35)10-37(31,32)33)15(28)16(29)19(30)27-18-13(8-24-27)17(25-20(22)26-18)23-7-12-5-3-4-6-14(12)21/h2-6,8,15-16,19,28-30H,7,9-10H2,1H3,(H,34,35)(H,23,25,26)(H2,31,32,33)/b11-2-/t15-,16-,19-/m1/s1. The highest BCUT2D eigenvalue weighted by Gasteiger charge is 2.34. The highest BCUT2D eigenvalue weighted by molar-refractivity contribution is 7.70. The molecule has 208 valence electrons. The van der Waals surface area contributed by atoms with Gasteiger partial charge < -0.3 is 39.8 Å². The molecule has 1 aromatic carbocycles. The van der Waals surface area contributed by atoms with Gasteiger partial charge in [-0.05, 0) is 35.7 Å². The van der Waals surface area contributed by atoms with Crippen molar-refractivity contribution >= 4 is 55.2 Å². The van der Waals surface area contributed by atoms with Gasteiger partial charge in [0.25, 0.3) is 0 Å². The van der Waals surface area contributed by atoms with Gasteiger partial charge in [0, 0.05) is 11.6 Å². The van der Waals surface area contributed by atoms with Crippen molar-refractivity contribution in [3.05, 3.63) is 58.0 Å². The Hall–Kier alpha value is -1.93. The van der Waals surface area contributed by atoms with Crippen LogP contribution >= 0.6 is 38.4 Å². The Morgan fingerprint density at radius 3 is 2.47 bits per heavy atom. The van der Waals surface area contributed by atoms with E-state index in [1.165, 1.54) is 19.2 Å². The van der Waals surface area contributed by atoms with E-state index in [0.29, 0.717) is 10.4 Å². The number of benzene rings is 1. The average Bonchev–Trinajstić information content (AvgIpc) is 3.24. The second-order valence-corrected chi connectivity index (χ2v) is 12.8. The predicted octanol–water partition coefficient (Wildman–Crippen LogP) is 2.24. The molecule has 1 unspecified atom stereocenters. The highest BCUT2D eigenvalue weighted by atomic mass is 35.5. The van der Waals surface area contributed by atoms with E-state index in [1.54, 1.807) is 12.1 Å². The molecule has 7 N–H and O–H groups in total. The van der Waals surface area contributed by atoms with Gasteiger partial charge >= 0.3 is 15.2 Å². The van der Waals surface area contributed by atoms with Crippen molar-refractivity contribution in [2.45, 2.75) is 31.9 Å². The molecular weight excluding hydrogens is 587 g/mol. The van der Waals surface area contributed by atoms with Crippen molar-refractivity contribution < 1.29 is 43.7 Å². The lowest BCUT2D eigenvalue weighted by Gasteiger charge is -2.25. The number of fused-ring (bicyclic) bond motifs is 1. The zero-order chi connectivity index (χ0) is 28.3. The summed E-state index contributed by atoms with van der Waals surface area (Å²) in [5.41, 5.74) is 0.644. The fourth-order valence-electron chi connectivity index (χ4n) is 3.36. The largest absolute Gasteiger partial charge is 0.386 e. The maximum Gasteiger partial charge on any atom is 0.340 e. The second kappa shape index (κ2) is 12.5. The maximum atomic E-state index is 11.9. The molecule has 38 heavy (non-hydrogen) atoms. The third-order valence-electron chi connectivity index (χ3n) is 5.26. The number of halogens is 2. The summed E-state index contributed by atoms with van der Waals surface area (Å²) in [4.78, 5) is 35.6. The van der Waals surface area contributed by atoms with E-state index < -0.39 is 46.1 Å². The van der Waals surface area contributed by atoms with Crippen LogP contribution in [0.1, 0.15) is 18.7 Å². The lowest BCUT2D eigenvalue weighted by Crippen LogP contribution is -2.37. The summed E-state index contributed by atoms with van der Waals surface area (Å²) in [6.07, 6.45) is -3.10. The molecule has 0 aliphatic rings. The van der Waals surface area contributed by atoms with E-state index in [1.807, 2.05) is 12.1 Å². The topological polar surface area (TPSA) is 220 Å². The molecule has 0 aliphatic heterocycles. The van der Waals surface area contributed by atoms with Crippen LogP contribution in [0.4, 0.5) is 5.82 Å². The Morgan fingerprint density at radius 1 is 1.16 bits per heavy atom. The first-order valence-electron chi connectivity index (χ1n) is 10.8. The van der Waals surface area contributed by atoms with E-state index in [2.05, 4.69) is 20.4 Å². The third kappa shape index (κ3) is 7.81. The molecule has 2 aromatic heterocycles. The van der Waals surface area contributed by atoms with Crippen molar-refractivity contribution in [3.8, 4) is 0 Å². The van der Waals surface area contributed by atoms with Gasteiger partial charge in [-0.2, -0.15) is 15.1 Å². The molecule has 3 aromatic rings. The van der Waals surface area contributed by atoms with Gasteiger partial charge in [0.2, 0.25) is 5.28 Å². The summed E-state index contributed by atoms with van der Waals surface area (Å²) in [6, 6.07) is 7.13. The lowest BCUT2D eigenvalue weighted by molar-refractivity contribution is -0.0845. The second-order valence-electron chi connectivity index (χ2n) is 8.04. The van der Waals surface area contributed by atoms with E-state index >= 15 is 0 Å². The molecule has 4 atom stereocenters. The number of allylic oxidation sites excluding steroid dienone is 1. The fraction of sp³-hybridized carbons (Fsp3) is 0.350. The van der Waals surface area contributed by atoms with Crippen LogP contribution in [0.25, 0.3) is 11.0 Å². The number of aliphatic hydroxyl groups excluding tert-OH is 3. The summed E-state index contributed by atoms with van der Waals surface area (Å²) in [6.45, 7) is 0.928. The first kappa shape index (κ1) is 30.6. The monoisotopic (exact) mass is 611 g/mol. The number of hydrogen-bond acceptors (Lipinski definition) is 10. The zero-order valence-corrected chi connectivity index (χ0v) is 23.0. The molecular formula is C20H25Cl2N5O9P2. The first-order valence-corrected chi connectivity index (χ1v) is 15.1. The Morgan fingerprint density at radius 2 is 1.84 bits per heavy atom. The number of nitrogens with zero attached hydrogens (tertiary/aromatic N) is 4. The average molecular weight is 612 g/mol. The molecule has 0 saturated carbocycles. The lowest BCUT2D eigenvalue weighted by atomic mass is 10.0. The molecule has 2 heterocycles. The SMILES string of the molecule is C/C=C(/COP(=O)(O)CP(=O)(O)O)[C@@H](O)[C@@H](O)[C@@H](O)n1ncc2c(NCc3ccccc3Cl)nc(Cl)nc21. The van der Waals surface area contributed by atoms with Crippen LogP contribution in [0.3, 0.4) is 0 Å². The molecule has 0 fully saturated rings. The number of anilines is 1. The zero-order valence-electron chi connectivity index (χ0n) is 19.7. The van der Waals surface area contributed by atoms with Gasteiger partial charge in [-0.25, -0.2) is 4.68 Å². The molecule has 14 nitrogen and oxygen atoms in total. The Bertz CT molecular complexity index is 1420. The van der Waals surface area contributed by atoms with E-state index in [0.717, 1.165) is 10.2 Å². The molecule has 3 rings (SSSR count). The number of aromatic nitrogens is 4. The summed E-state index contributed by atoms with van der Waals surface area (Å²) >= 11 is 12.2. The van der Waals surface area contributed by atoms with Crippen LogP contribution in [0.2, 0.25) is 10.3 Å². The molecule has 0 radical (unpaired) electrons. The maximum absolute atomic E-state index is 11.9. The van der Waals surface area contributed by atoms with Gasteiger partial charge in [0.1, 0.15) is 18.0 Å². The van der Waals surface area contributed by atoms with Crippen molar-refractivity contribution in [3.63, 3.8) is 0 Å². The fourth-order valence-corrected chi connectivity index (χ4v) is 6.27. The number of rotatable bonds is 12. The number of aliphatic hydroxyl groups is 3. The minimum atomic E-state index is -4.86. The van der Waals surface area contributed by atoms with Crippen LogP contribution in [0.15, 0.2) is 42.1 Å². The molecule has 0 aliphatic carbocycles. The number of nitrogens with one attached hydrogen (secondary N) is 1. The molecule has 18 heteroatoms. The van der Waals surface area contributed by atoms with Crippen molar-refractivity contribution in [1.82, 2.24) is 19.7 Å². The third-order valence-corrected chi connectivity index (χ3v) is 9.23. The van der Waals surface area contributed by atoms with Crippen LogP contribution in [0.5, 0.6) is 0 Å². The van der Waals surface area contributed by atoms with E-state index in [9.17, 15) is 29.3 Å². The Kier molecular flexibility index (Phi) is 10.1. The van der Waals surface area contributed by atoms with E-state index in [4.69, 9.17) is 37.5 Å². The summed E-state index contributed by atoms with van der Waals surface area (Å²) in [7, 11) is -9.58. The van der Waals surface area contributed by atoms with Crippen LogP contribution in [-0.4, -0.2) is 74.5 Å². The Balaban J connectivity index is 1.78. The quantitative estimate of drug-likeness (QED) is 0.0888. The Labute approximate surface area is 226 Å². The summed E-state index contributed by atoms with van der Waals surface area (Å²) in [5.74, 6) is -1.16. The summed E-state index contributed by atoms with van der Waals surface area (Å²) < 4.78 is 28.5. The van der Waals surface area contributed by atoms with Gasteiger partial charge in [-0.3, -0.25) is 9.13 Å². The van der Waals surface area contributed by atoms with Crippen LogP contribution in [0, 0.1) is 0 Å². The van der Waals surface area contributed by atoms with Crippen molar-refractivity contribution in [1.29, 1.82) is 0 Å². The van der Waals surface area contributed by atoms with Gasteiger partial charge in [-0.1, -0.05) is 35.9 Å². The smallest absolute Gasteiger partial charge is 0.340 e. The van der Waals surface area contributed by atoms with Crippen LogP contribution in [-0.2, 0) is 20.2 Å². The van der Waals surface area contributed by atoms with Gasteiger partial charge in [0.05, 0.1) is 18.2 Å². The van der Waals surface area contributed by atoms with Gasteiger partial charge in [0.15, 0.2) is 17.8 Å². The predicted molar refractivity (Wildman–Crippen MR) is 139 cm³/mol. The van der Waals surface area contributed by atoms with Crippen molar-refractivity contribution in [2.75, 3.05) is 17.8 Å². The van der Waals surface area contributed by atoms with E-state index in [-0.39, 0.29) is 28.9 Å². The first-order chi connectivity index (χ1) is 17.7. The molecule has 0 saturated heterocycles. The van der Waals surface area contributed by atoms with Crippen molar-refractivity contribution in [2.24, 2.45) is 0 Å². The molecule has 0 spiro atoms.